The third-order valence-electron chi connectivity index (χ3n) is 17.6. The Morgan fingerprint density at radius 1 is 0.263 bits per heavy atom. The molecule has 2 spiro atoms. The van der Waals surface area contributed by atoms with Crippen LogP contribution in [-0.2, 0) is 10.8 Å². The standard InChI is InChI=1S/C74H46N2/c1-2-22-47(23-3-1)49-24-8-16-39-66(49)75(70-43-21-37-63-71(70)57-30-7-14-35-61(57)73(63)58-32-11-4-26-51(58)52-27-5-12-33-59(52)73)67-40-17-9-25-50(67)48-44-45-54-53-28-6-13-34-60(53)74(65(54)46-48)62-36-15-19-42-69(62)76-68-41-18-10-29-55(68)56-31-20-38-64(74)72(56)76/h1-46H. The number of para-hydroxylation sites is 5. The first-order chi connectivity index (χ1) is 37.8. The van der Waals surface area contributed by atoms with Crippen LogP contribution < -0.4 is 4.90 Å². The predicted octanol–water partition coefficient (Wildman–Crippen LogP) is 18.6. The fourth-order valence-electron chi connectivity index (χ4n) is 14.9. The molecule has 13 aromatic rings. The lowest BCUT2D eigenvalue weighted by atomic mass is 9.65. The first kappa shape index (κ1) is 41.7. The molecule has 17 rings (SSSR count). The zero-order valence-electron chi connectivity index (χ0n) is 41.5. The highest BCUT2D eigenvalue weighted by molar-refractivity contribution is 6.13. The maximum Gasteiger partial charge on any atom is 0.0754 e. The molecule has 0 N–H and O–H groups in total. The minimum Gasteiger partial charge on any atom is -0.309 e. The molecule has 2 nitrogen and oxygen atoms in total. The van der Waals surface area contributed by atoms with Gasteiger partial charge in [-0.1, -0.05) is 243 Å². The monoisotopic (exact) mass is 962 g/mol. The molecule has 4 aliphatic rings. The predicted molar refractivity (Wildman–Crippen MR) is 313 cm³/mol. The summed E-state index contributed by atoms with van der Waals surface area (Å²) in [4.78, 5) is 2.59. The second-order valence-electron chi connectivity index (χ2n) is 20.9. The van der Waals surface area contributed by atoms with Gasteiger partial charge < -0.3 is 9.47 Å². The highest BCUT2D eigenvalue weighted by atomic mass is 15.2. The lowest BCUT2D eigenvalue weighted by Crippen LogP contribution is -2.33. The van der Waals surface area contributed by atoms with Gasteiger partial charge >= 0.3 is 0 Å². The van der Waals surface area contributed by atoms with Crippen molar-refractivity contribution in [3.8, 4) is 61.3 Å². The molecule has 352 valence electrons. The second-order valence-corrected chi connectivity index (χ2v) is 20.9. The topological polar surface area (TPSA) is 8.17 Å². The molecule has 1 atom stereocenters. The van der Waals surface area contributed by atoms with Gasteiger partial charge in [0.2, 0.25) is 0 Å². The molecule has 0 amide bonds. The molecule has 2 heterocycles. The summed E-state index contributed by atoms with van der Waals surface area (Å²) in [5, 5.41) is 2.56. The van der Waals surface area contributed by atoms with Gasteiger partial charge in [0.15, 0.2) is 0 Å². The van der Waals surface area contributed by atoms with Crippen molar-refractivity contribution in [3.63, 3.8) is 0 Å². The molecule has 76 heavy (non-hydrogen) atoms. The summed E-state index contributed by atoms with van der Waals surface area (Å²) in [5.41, 5.74) is 29.0. The van der Waals surface area contributed by atoms with Crippen molar-refractivity contribution in [3.05, 3.63) is 324 Å². The average molecular weight is 963 g/mol. The van der Waals surface area contributed by atoms with Crippen molar-refractivity contribution in [1.29, 1.82) is 0 Å². The number of fused-ring (bicyclic) bond motifs is 22. The van der Waals surface area contributed by atoms with E-state index >= 15 is 0 Å². The molecule has 1 unspecified atom stereocenters. The van der Waals surface area contributed by atoms with Crippen molar-refractivity contribution in [2.75, 3.05) is 4.90 Å². The van der Waals surface area contributed by atoms with E-state index in [-0.39, 0.29) is 0 Å². The van der Waals surface area contributed by atoms with Gasteiger partial charge in [0, 0.05) is 27.5 Å². The Morgan fingerprint density at radius 2 is 0.711 bits per heavy atom. The van der Waals surface area contributed by atoms with Crippen LogP contribution >= 0.6 is 0 Å². The minimum atomic E-state index is -0.580. The maximum absolute atomic E-state index is 2.59. The average Bonchev–Trinajstić information content (AvgIpc) is 4.38. The lowest BCUT2D eigenvalue weighted by molar-refractivity contribution is 0.749. The smallest absolute Gasteiger partial charge is 0.0754 e. The molecule has 1 aromatic heterocycles. The largest absolute Gasteiger partial charge is 0.309 e. The molecule has 0 radical (unpaired) electrons. The van der Waals surface area contributed by atoms with Crippen LogP contribution in [-0.4, -0.2) is 4.57 Å². The zero-order chi connectivity index (χ0) is 49.7. The van der Waals surface area contributed by atoms with E-state index in [0.717, 1.165) is 22.6 Å². The summed E-state index contributed by atoms with van der Waals surface area (Å²) < 4.78 is 2.53. The Bertz CT molecular complexity index is 4570. The molecular weight excluding hydrogens is 917 g/mol. The number of hydrogen-bond acceptors (Lipinski definition) is 1. The fourth-order valence-corrected chi connectivity index (χ4v) is 14.9. The molecule has 2 heteroatoms. The van der Waals surface area contributed by atoms with Gasteiger partial charge in [0.05, 0.1) is 44.6 Å². The summed E-state index contributed by atoms with van der Waals surface area (Å²) in [6.07, 6.45) is 0. The van der Waals surface area contributed by atoms with Crippen LogP contribution in [0.4, 0.5) is 17.1 Å². The van der Waals surface area contributed by atoms with Crippen molar-refractivity contribution >= 4 is 38.9 Å². The van der Waals surface area contributed by atoms with Gasteiger partial charge in [0.25, 0.3) is 0 Å². The third kappa shape index (κ3) is 5.16. The first-order valence-corrected chi connectivity index (χ1v) is 26.6. The van der Waals surface area contributed by atoms with Gasteiger partial charge in [-0.05, 0) is 120 Å². The molecule has 1 aliphatic heterocycles. The number of hydrogen-bond donors (Lipinski definition) is 0. The Morgan fingerprint density at radius 3 is 1.39 bits per heavy atom. The van der Waals surface area contributed by atoms with E-state index in [1.807, 2.05) is 0 Å². The van der Waals surface area contributed by atoms with E-state index in [9.17, 15) is 0 Å². The lowest BCUT2D eigenvalue weighted by Gasteiger charge is -2.39. The Kier molecular flexibility index (Phi) is 8.44. The van der Waals surface area contributed by atoms with Gasteiger partial charge in [0.1, 0.15) is 0 Å². The molecular formula is C74H46N2. The molecule has 3 aliphatic carbocycles. The Hall–Kier alpha value is -9.76. The summed E-state index contributed by atoms with van der Waals surface area (Å²) in [6, 6.07) is 105. The summed E-state index contributed by atoms with van der Waals surface area (Å²) in [6.45, 7) is 0. The number of benzene rings is 12. The highest BCUT2D eigenvalue weighted by Gasteiger charge is 2.53. The van der Waals surface area contributed by atoms with Gasteiger partial charge in [-0.3, -0.25) is 0 Å². The Labute approximate surface area is 441 Å². The quantitative estimate of drug-likeness (QED) is 0.167. The van der Waals surface area contributed by atoms with E-state index in [2.05, 4.69) is 289 Å². The van der Waals surface area contributed by atoms with Gasteiger partial charge in [-0.25, -0.2) is 0 Å². The first-order valence-electron chi connectivity index (χ1n) is 26.6. The second kappa shape index (κ2) is 15.4. The van der Waals surface area contributed by atoms with Crippen molar-refractivity contribution in [1.82, 2.24) is 4.57 Å². The van der Waals surface area contributed by atoms with Crippen LogP contribution in [0.15, 0.2) is 279 Å². The third-order valence-corrected chi connectivity index (χ3v) is 17.6. The highest BCUT2D eigenvalue weighted by Crippen LogP contribution is 2.66. The number of aromatic nitrogens is 1. The maximum atomic E-state index is 2.59. The van der Waals surface area contributed by atoms with Crippen molar-refractivity contribution in [2.45, 2.75) is 10.8 Å². The molecule has 0 saturated carbocycles. The van der Waals surface area contributed by atoms with Crippen LogP contribution in [0.25, 0.3) is 83.1 Å². The van der Waals surface area contributed by atoms with E-state index in [0.29, 0.717) is 0 Å². The van der Waals surface area contributed by atoms with E-state index in [1.54, 1.807) is 0 Å². The normalized spacial score (nSPS) is 15.3. The molecule has 0 fully saturated rings. The number of nitrogens with zero attached hydrogens (tertiary/aromatic N) is 2. The number of anilines is 3. The molecule has 12 aromatic carbocycles. The fraction of sp³-hybridized carbons (Fsp3) is 0.0270. The summed E-state index contributed by atoms with van der Waals surface area (Å²) in [7, 11) is 0. The summed E-state index contributed by atoms with van der Waals surface area (Å²) >= 11 is 0. The summed E-state index contributed by atoms with van der Waals surface area (Å²) in [5.74, 6) is 0. The van der Waals surface area contributed by atoms with Crippen LogP contribution in [0.5, 0.6) is 0 Å². The van der Waals surface area contributed by atoms with Crippen LogP contribution in [0.3, 0.4) is 0 Å². The van der Waals surface area contributed by atoms with Gasteiger partial charge in [-0.2, -0.15) is 0 Å². The van der Waals surface area contributed by atoms with Crippen LogP contribution in [0.1, 0.15) is 44.5 Å². The van der Waals surface area contributed by atoms with E-state index in [1.165, 1.54) is 122 Å². The minimum absolute atomic E-state index is 0.493. The molecule has 0 bridgehead atoms. The van der Waals surface area contributed by atoms with E-state index < -0.39 is 10.8 Å². The van der Waals surface area contributed by atoms with Crippen molar-refractivity contribution < 1.29 is 0 Å². The van der Waals surface area contributed by atoms with Crippen LogP contribution in [0.2, 0.25) is 0 Å². The SMILES string of the molecule is c1ccc(-c2ccccc2N(c2ccccc2-c2ccc3c(c2)C2(c4ccccc4-3)c3ccccc3-n3c4ccccc4c4cccc2c43)c2cccc3c2-c2ccccc2C32c3ccccc3-c3ccccc32)cc1. The zero-order valence-corrected chi connectivity index (χ0v) is 41.5. The Balaban J connectivity index is 0.951. The number of rotatable bonds is 5. The van der Waals surface area contributed by atoms with Crippen molar-refractivity contribution in [2.24, 2.45) is 0 Å². The van der Waals surface area contributed by atoms with E-state index in [4.69, 9.17) is 0 Å². The molecule has 0 saturated heterocycles. The van der Waals surface area contributed by atoms with Gasteiger partial charge in [-0.15, -0.1) is 0 Å². The van der Waals surface area contributed by atoms with Crippen LogP contribution in [0, 0.1) is 0 Å².